The molecule has 6 heteroatoms. The minimum absolute atomic E-state index is 0.178. The highest BCUT2D eigenvalue weighted by molar-refractivity contribution is 6.04. The molecule has 2 heterocycles. The lowest BCUT2D eigenvalue weighted by atomic mass is 10.1. The van der Waals surface area contributed by atoms with Crippen LogP contribution in [0.25, 0.3) is 10.9 Å². The van der Waals surface area contributed by atoms with Crippen LogP contribution in [0.1, 0.15) is 16.1 Å². The first-order chi connectivity index (χ1) is 11.3. The summed E-state index contributed by atoms with van der Waals surface area (Å²) in [6, 6.07) is 13.4. The van der Waals surface area contributed by atoms with E-state index in [1.54, 1.807) is 0 Å². The van der Waals surface area contributed by atoms with Gasteiger partial charge in [-0.05, 0) is 30.2 Å². The second-order valence-corrected chi connectivity index (χ2v) is 5.31. The molecule has 0 bridgehead atoms. The van der Waals surface area contributed by atoms with Gasteiger partial charge >= 0.3 is 0 Å². The summed E-state index contributed by atoms with van der Waals surface area (Å²) in [4.78, 5) is 12.3. The quantitative estimate of drug-likeness (QED) is 0.775. The van der Waals surface area contributed by atoms with Crippen molar-refractivity contribution < 1.29 is 14.3 Å². The van der Waals surface area contributed by atoms with Gasteiger partial charge < -0.3 is 14.8 Å². The molecule has 0 radical (unpaired) electrons. The Bertz CT molecular complexity index is 872. The average molecular weight is 309 g/mol. The van der Waals surface area contributed by atoms with E-state index in [0.717, 1.165) is 28.0 Å². The number of nitrogens with one attached hydrogen (secondary N) is 2. The van der Waals surface area contributed by atoms with Crippen LogP contribution >= 0.6 is 0 Å². The van der Waals surface area contributed by atoms with Crippen molar-refractivity contribution in [3.8, 4) is 11.5 Å². The van der Waals surface area contributed by atoms with Crippen LogP contribution in [0.4, 0.5) is 0 Å². The van der Waals surface area contributed by atoms with Crippen LogP contribution in [0, 0.1) is 0 Å². The number of ether oxygens (including phenoxy) is 2. The van der Waals surface area contributed by atoms with Crippen molar-refractivity contribution in [2.45, 2.75) is 6.42 Å². The van der Waals surface area contributed by atoms with Gasteiger partial charge in [0.25, 0.3) is 5.91 Å². The smallest absolute Gasteiger partial charge is 0.272 e. The Kier molecular flexibility index (Phi) is 3.34. The van der Waals surface area contributed by atoms with Crippen molar-refractivity contribution in [2.75, 3.05) is 13.3 Å². The third-order valence-corrected chi connectivity index (χ3v) is 3.82. The number of rotatable bonds is 4. The van der Waals surface area contributed by atoms with Crippen molar-refractivity contribution in [2.24, 2.45) is 0 Å². The summed E-state index contributed by atoms with van der Waals surface area (Å²) in [7, 11) is 0. The number of carbonyl (C=O) groups is 1. The van der Waals surface area contributed by atoms with Gasteiger partial charge in [-0.15, -0.1) is 0 Å². The summed E-state index contributed by atoms with van der Waals surface area (Å²) in [5.74, 6) is 1.34. The first-order valence-electron chi connectivity index (χ1n) is 7.41. The van der Waals surface area contributed by atoms with Crippen LogP contribution in [-0.2, 0) is 6.42 Å². The molecule has 0 fully saturated rings. The number of nitrogens with zero attached hydrogens (tertiary/aromatic N) is 1. The minimum atomic E-state index is -0.178. The topological polar surface area (TPSA) is 76.2 Å². The highest BCUT2D eigenvalue weighted by Gasteiger charge is 2.15. The molecule has 1 aliphatic heterocycles. The lowest BCUT2D eigenvalue weighted by Crippen LogP contribution is -2.26. The molecule has 0 saturated carbocycles. The molecular weight excluding hydrogens is 294 g/mol. The molecule has 0 spiro atoms. The SMILES string of the molecule is O=C(NCCc1ccc2c(c1)OCO2)c1n[nH]c2ccccc12. The number of hydrogen-bond acceptors (Lipinski definition) is 4. The maximum Gasteiger partial charge on any atom is 0.272 e. The molecule has 1 amide bonds. The van der Waals surface area contributed by atoms with Crippen LogP contribution in [-0.4, -0.2) is 29.4 Å². The molecule has 23 heavy (non-hydrogen) atoms. The van der Waals surface area contributed by atoms with E-state index in [0.29, 0.717) is 18.7 Å². The summed E-state index contributed by atoms with van der Waals surface area (Å²) < 4.78 is 10.6. The number of aromatic amines is 1. The van der Waals surface area contributed by atoms with E-state index in [1.165, 1.54) is 0 Å². The third-order valence-electron chi connectivity index (χ3n) is 3.82. The number of aromatic nitrogens is 2. The summed E-state index contributed by atoms with van der Waals surface area (Å²) in [6.07, 6.45) is 0.713. The predicted octanol–water partition coefficient (Wildman–Crippen LogP) is 2.26. The lowest BCUT2D eigenvalue weighted by Gasteiger charge is -2.05. The maximum atomic E-state index is 12.3. The molecule has 2 N–H and O–H groups in total. The number of benzene rings is 2. The lowest BCUT2D eigenvalue weighted by molar-refractivity contribution is 0.0950. The van der Waals surface area contributed by atoms with Gasteiger partial charge in [0.05, 0.1) is 5.52 Å². The molecule has 1 aliphatic rings. The van der Waals surface area contributed by atoms with Crippen molar-refractivity contribution in [3.05, 3.63) is 53.7 Å². The number of amides is 1. The first kappa shape index (κ1) is 13.6. The van der Waals surface area contributed by atoms with Gasteiger partial charge in [0, 0.05) is 11.9 Å². The number of H-pyrrole nitrogens is 1. The molecule has 0 atom stereocenters. The van der Waals surface area contributed by atoms with E-state index >= 15 is 0 Å². The van der Waals surface area contributed by atoms with Crippen LogP contribution in [0.2, 0.25) is 0 Å². The fourth-order valence-electron chi connectivity index (χ4n) is 2.64. The van der Waals surface area contributed by atoms with Gasteiger partial charge in [-0.1, -0.05) is 24.3 Å². The molecule has 0 saturated heterocycles. The minimum Gasteiger partial charge on any atom is -0.454 e. The summed E-state index contributed by atoms with van der Waals surface area (Å²) in [5, 5.41) is 10.7. The first-order valence-corrected chi connectivity index (χ1v) is 7.41. The van der Waals surface area contributed by atoms with E-state index in [-0.39, 0.29) is 12.7 Å². The largest absolute Gasteiger partial charge is 0.454 e. The van der Waals surface area contributed by atoms with Gasteiger partial charge in [-0.25, -0.2) is 0 Å². The maximum absolute atomic E-state index is 12.3. The van der Waals surface area contributed by atoms with Crippen molar-refractivity contribution >= 4 is 16.8 Å². The van der Waals surface area contributed by atoms with E-state index < -0.39 is 0 Å². The normalized spacial score (nSPS) is 12.5. The Labute approximate surface area is 132 Å². The molecule has 0 aliphatic carbocycles. The average Bonchev–Trinajstić information content (AvgIpc) is 3.21. The van der Waals surface area contributed by atoms with Crippen LogP contribution in [0.5, 0.6) is 11.5 Å². The van der Waals surface area contributed by atoms with Crippen molar-refractivity contribution in [1.82, 2.24) is 15.5 Å². The van der Waals surface area contributed by atoms with E-state index in [4.69, 9.17) is 9.47 Å². The number of carbonyl (C=O) groups excluding carboxylic acids is 1. The Morgan fingerprint density at radius 3 is 3.00 bits per heavy atom. The monoisotopic (exact) mass is 309 g/mol. The van der Waals surface area contributed by atoms with Gasteiger partial charge in [-0.3, -0.25) is 9.89 Å². The molecule has 6 nitrogen and oxygen atoms in total. The summed E-state index contributed by atoms with van der Waals surface area (Å²) in [6.45, 7) is 0.793. The standard InChI is InChI=1S/C17H15N3O3/c21-17(16-12-3-1-2-4-13(12)19-20-16)18-8-7-11-5-6-14-15(9-11)23-10-22-14/h1-6,9H,7-8,10H2,(H,18,21)(H,19,20). The second-order valence-electron chi connectivity index (χ2n) is 5.31. The van der Waals surface area contributed by atoms with Crippen LogP contribution in [0.15, 0.2) is 42.5 Å². The summed E-state index contributed by atoms with van der Waals surface area (Å²) in [5.41, 5.74) is 2.36. The second kappa shape index (κ2) is 5.64. The molecule has 116 valence electrons. The Hall–Kier alpha value is -3.02. The molecule has 2 aromatic carbocycles. The van der Waals surface area contributed by atoms with E-state index in [1.807, 2.05) is 42.5 Å². The number of fused-ring (bicyclic) bond motifs is 2. The van der Waals surface area contributed by atoms with Gasteiger partial charge in [0.1, 0.15) is 0 Å². The fraction of sp³-hybridized carbons (Fsp3) is 0.176. The van der Waals surface area contributed by atoms with Crippen LogP contribution in [0.3, 0.4) is 0 Å². The number of hydrogen-bond donors (Lipinski definition) is 2. The van der Waals surface area contributed by atoms with Gasteiger partial charge in [0.15, 0.2) is 17.2 Å². The fourth-order valence-corrected chi connectivity index (χ4v) is 2.64. The zero-order valence-electron chi connectivity index (χ0n) is 12.3. The zero-order valence-corrected chi connectivity index (χ0v) is 12.3. The van der Waals surface area contributed by atoms with Crippen molar-refractivity contribution in [1.29, 1.82) is 0 Å². The highest BCUT2D eigenvalue weighted by Crippen LogP contribution is 2.32. The zero-order chi connectivity index (χ0) is 15.6. The van der Waals surface area contributed by atoms with Crippen molar-refractivity contribution in [3.63, 3.8) is 0 Å². The third kappa shape index (κ3) is 2.59. The Balaban J connectivity index is 1.40. The van der Waals surface area contributed by atoms with Crippen LogP contribution < -0.4 is 14.8 Å². The molecule has 0 unspecified atom stereocenters. The Morgan fingerprint density at radius 1 is 1.17 bits per heavy atom. The molecule has 3 aromatic rings. The highest BCUT2D eigenvalue weighted by atomic mass is 16.7. The predicted molar refractivity (Wildman–Crippen MR) is 84.7 cm³/mol. The molecular formula is C17H15N3O3. The van der Waals surface area contributed by atoms with Gasteiger partial charge in [-0.2, -0.15) is 5.10 Å². The van der Waals surface area contributed by atoms with E-state index in [2.05, 4.69) is 15.5 Å². The molecule has 4 rings (SSSR count). The van der Waals surface area contributed by atoms with Gasteiger partial charge in [0.2, 0.25) is 6.79 Å². The Morgan fingerprint density at radius 2 is 2.04 bits per heavy atom. The number of para-hydroxylation sites is 1. The van der Waals surface area contributed by atoms with E-state index in [9.17, 15) is 4.79 Å². The summed E-state index contributed by atoms with van der Waals surface area (Å²) >= 11 is 0. The molecule has 1 aromatic heterocycles.